The van der Waals surface area contributed by atoms with Gasteiger partial charge in [-0.25, -0.2) is 0 Å². The minimum absolute atomic E-state index is 0.0598. The Morgan fingerprint density at radius 1 is 0.872 bits per heavy atom. The van der Waals surface area contributed by atoms with Crippen LogP contribution >= 0.6 is 0 Å². The number of carbonyl (C=O) groups is 1. The van der Waals surface area contributed by atoms with Crippen molar-refractivity contribution in [2.75, 3.05) is 6.61 Å². The highest BCUT2D eigenvalue weighted by molar-refractivity contribution is 5.89. The van der Waals surface area contributed by atoms with Crippen LogP contribution in [0.15, 0.2) is 66.7 Å². The van der Waals surface area contributed by atoms with Gasteiger partial charge in [0.15, 0.2) is 17.3 Å². The first-order valence-corrected chi connectivity index (χ1v) is 14.0. The molecule has 3 rings (SSSR count). The number of benzene rings is 3. The lowest BCUT2D eigenvalue weighted by atomic mass is 9.90. The molecule has 3 aromatic rings. The van der Waals surface area contributed by atoms with Gasteiger partial charge in [0.25, 0.3) is 0 Å². The predicted octanol–water partition coefficient (Wildman–Crippen LogP) is 7.93. The van der Waals surface area contributed by atoms with Gasteiger partial charge in [-0.15, -0.1) is 0 Å². The first-order valence-electron chi connectivity index (χ1n) is 14.0. The van der Waals surface area contributed by atoms with Crippen LogP contribution in [-0.4, -0.2) is 27.7 Å². The third-order valence-electron chi connectivity index (χ3n) is 6.69. The van der Waals surface area contributed by atoms with E-state index in [9.17, 15) is 20.1 Å². The van der Waals surface area contributed by atoms with Gasteiger partial charge in [0.2, 0.25) is 0 Å². The number of phenols is 3. The van der Waals surface area contributed by atoms with Crippen LogP contribution in [-0.2, 0) is 24.1 Å². The van der Waals surface area contributed by atoms with Gasteiger partial charge in [0.1, 0.15) is 11.5 Å². The second-order valence-electron chi connectivity index (χ2n) is 10.5. The van der Waals surface area contributed by atoms with Crippen LogP contribution < -0.4 is 4.74 Å². The quantitative estimate of drug-likeness (QED) is 0.137. The minimum Gasteiger partial charge on any atom is -0.508 e. The van der Waals surface area contributed by atoms with E-state index in [-0.39, 0.29) is 23.0 Å². The monoisotopic (exact) mass is 530 g/mol. The second-order valence-corrected chi connectivity index (χ2v) is 10.5. The maximum atomic E-state index is 12.2. The van der Waals surface area contributed by atoms with Crippen molar-refractivity contribution in [1.82, 2.24) is 0 Å². The predicted molar refractivity (Wildman–Crippen MR) is 158 cm³/mol. The Labute approximate surface area is 232 Å². The number of hydrogen-bond acceptors (Lipinski definition) is 5. The molecule has 0 saturated heterocycles. The van der Waals surface area contributed by atoms with E-state index in [0.717, 1.165) is 47.1 Å². The highest BCUT2D eigenvalue weighted by Gasteiger charge is 2.14. The van der Waals surface area contributed by atoms with Crippen molar-refractivity contribution in [3.8, 4) is 34.1 Å². The van der Waals surface area contributed by atoms with E-state index in [0.29, 0.717) is 37.5 Å². The van der Waals surface area contributed by atoms with Gasteiger partial charge in [-0.3, -0.25) is 4.79 Å². The van der Waals surface area contributed by atoms with E-state index in [1.165, 1.54) is 12.8 Å². The lowest BCUT2D eigenvalue weighted by Gasteiger charge is -2.17. The smallest absolute Gasteiger partial charge is 0.161 e. The molecule has 0 aliphatic carbocycles. The van der Waals surface area contributed by atoms with Crippen LogP contribution in [0.1, 0.15) is 69.6 Å². The lowest BCUT2D eigenvalue weighted by molar-refractivity contribution is -0.114. The molecule has 0 amide bonds. The van der Waals surface area contributed by atoms with E-state index in [1.54, 1.807) is 42.5 Å². The van der Waals surface area contributed by atoms with E-state index < -0.39 is 0 Å². The normalized spacial score (nSPS) is 11.4. The molecule has 0 aliphatic heterocycles. The number of aryl methyl sites for hydroxylation is 1. The molecule has 39 heavy (non-hydrogen) atoms. The van der Waals surface area contributed by atoms with Crippen molar-refractivity contribution >= 4 is 5.78 Å². The SMILES string of the molecule is CCCCCC=CC(=O)CCc1ccc(O)c(OCCc2ccc(O)cc2-c2ccc(O)cc2CC(C)C)c1. The zero-order chi connectivity index (χ0) is 28.2. The summed E-state index contributed by atoms with van der Waals surface area (Å²) in [5.41, 5.74) is 4.82. The Bertz CT molecular complexity index is 1260. The number of hydrogen-bond donors (Lipinski definition) is 3. The molecule has 0 fully saturated rings. The van der Waals surface area contributed by atoms with Gasteiger partial charge in [0.05, 0.1) is 6.61 Å². The van der Waals surface area contributed by atoms with Crippen LogP contribution in [0.25, 0.3) is 11.1 Å². The van der Waals surface area contributed by atoms with Gasteiger partial charge in [-0.05, 0) is 102 Å². The average molecular weight is 531 g/mol. The molecule has 0 radical (unpaired) electrons. The molecule has 5 heteroatoms. The summed E-state index contributed by atoms with van der Waals surface area (Å²) in [6.45, 7) is 6.75. The van der Waals surface area contributed by atoms with E-state index in [4.69, 9.17) is 4.74 Å². The largest absolute Gasteiger partial charge is 0.508 e. The lowest BCUT2D eigenvalue weighted by Crippen LogP contribution is -2.05. The summed E-state index contributed by atoms with van der Waals surface area (Å²) in [5.74, 6) is 1.36. The summed E-state index contributed by atoms with van der Waals surface area (Å²) in [6, 6.07) is 15.9. The fourth-order valence-electron chi connectivity index (χ4n) is 4.66. The third kappa shape index (κ3) is 9.51. The molecule has 0 saturated carbocycles. The zero-order valence-corrected chi connectivity index (χ0v) is 23.5. The molecule has 0 unspecified atom stereocenters. The van der Waals surface area contributed by atoms with Crippen LogP contribution in [0.4, 0.5) is 0 Å². The average Bonchev–Trinajstić information content (AvgIpc) is 2.89. The number of allylic oxidation sites excluding steroid dienone is 2. The van der Waals surface area contributed by atoms with Crippen molar-refractivity contribution in [3.05, 3.63) is 83.4 Å². The first-order chi connectivity index (χ1) is 18.8. The van der Waals surface area contributed by atoms with E-state index in [1.807, 2.05) is 24.3 Å². The first kappa shape index (κ1) is 29.8. The van der Waals surface area contributed by atoms with E-state index in [2.05, 4.69) is 20.8 Å². The van der Waals surface area contributed by atoms with Crippen LogP contribution in [0.3, 0.4) is 0 Å². The number of ketones is 1. The third-order valence-corrected chi connectivity index (χ3v) is 6.69. The highest BCUT2D eigenvalue weighted by atomic mass is 16.5. The van der Waals surface area contributed by atoms with Gasteiger partial charge >= 0.3 is 0 Å². The van der Waals surface area contributed by atoms with Crippen molar-refractivity contribution in [3.63, 3.8) is 0 Å². The van der Waals surface area contributed by atoms with Crippen molar-refractivity contribution in [2.24, 2.45) is 5.92 Å². The minimum atomic E-state index is 0.0598. The summed E-state index contributed by atoms with van der Waals surface area (Å²) < 4.78 is 5.97. The van der Waals surface area contributed by atoms with Crippen LogP contribution in [0, 0.1) is 5.92 Å². The van der Waals surface area contributed by atoms with Gasteiger partial charge in [-0.1, -0.05) is 57.9 Å². The number of unbranched alkanes of at least 4 members (excludes halogenated alkanes) is 3. The van der Waals surface area contributed by atoms with Gasteiger partial charge in [-0.2, -0.15) is 0 Å². The Balaban J connectivity index is 1.66. The Kier molecular flexibility index (Phi) is 11.5. The van der Waals surface area contributed by atoms with Crippen molar-refractivity contribution in [1.29, 1.82) is 0 Å². The second kappa shape index (κ2) is 15.0. The topological polar surface area (TPSA) is 87.0 Å². The molecule has 0 bridgehead atoms. The molecule has 0 atom stereocenters. The number of rotatable bonds is 15. The van der Waals surface area contributed by atoms with E-state index >= 15 is 0 Å². The molecule has 208 valence electrons. The molecule has 0 aromatic heterocycles. The number of carbonyl (C=O) groups excluding carboxylic acids is 1. The Morgan fingerprint density at radius 2 is 1.64 bits per heavy atom. The van der Waals surface area contributed by atoms with Gasteiger partial charge in [0, 0.05) is 12.8 Å². The van der Waals surface area contributed by atoms with Crippen molar-refractivity contribution in [2.45, 2.75) is 72.1 Å². The molecule has 3 aromatic carbocycles. The maximum absolute atomic E-state index is 12.2. The maximum Gasteiger partial charge on any atom is 0.161 e. The molecule has 0 heterocycles. The molecule has 5 nitrogen and oxygen atoms in total. The van der Waals surface area contributed by atoms with Gasteiger partial charge < -0.3 is 20.1 Å². The molecule has 3 N–H and O–H groups in total. The summed E-state index contributed by atoms with van der Waals surface area (Å²) in [5, 5.41) is 30.6. The Hall–Kier alpha value is -3.73. The summed E-state index contributed by atoms with van der Waals surface area (Å²) in [6.07, 6.45) is 10.4. The molecule has 0 spiro atoms. The van der Waals surface area contributed by atoms with Crippen LogP contribution in [0.2, 0.25) is 0 Å². The molecule has 0 aliphatic rings. The zero-order valence-electron chi connectivity index (χ0n) is 23.5. The molecular formula is C34H42O5. The summed E-state index contributed by atoms with van der Waals surface area (Å²) >= 11 is 0. The molecular weight excluding hydrogens is 488 g/mol. The standard InChI is InChI=1S/C34H42O5/c1-4-5-6-7-8-9-28(35)13-10-25-11-17-33(38)34(21-25)39-19-18-26-12-14-30(37)23-32(26)31-16-15-29(36)22-27(31)20-24(2)3/h8-9,11-12,14-17,21-24,36-38H,4-7,10,13,18-20H2,1-3H3. The number of aromatic hydroxyl groups is 3. The highest BCUT2D eigenvalue weighted by Crippen LogP contribution is 2.34. The number of ether oxygens (including phenoxy) is 1. The van der Waals surface area contributed by atoms with Crippen LogP contribution in [0.5, 0.6) is 23.0 Å². The summed E-state index contributed by atoms with van der Waals surface area (Å²) in [4.78, 5) is 12.2. The Morgan fingerprint density at radius 3 is 2.41 bits per heavy atom. The fourth-order valence-corrected chi connectivity index (χ4v) is 4.66. The fraction of sp³-hybridized carbons (Fsp3) is 0.382. The number of phenolic OH excluding ortho intramolecular Hbond substituents is 3. The summed E-state index contributed by atoms with van der Waals surface area (Å²) in [7, 11) is 0. The van der Waals surface area contributed by atoms with Crippen molar-refractivity contribution < 1.29 is 24.9 Å².